The highest BCUT2D eigenvalue weighted by atomic mass is 16.6. The maximum absolute atomic E-state index is 11.7. The molecule has 0 radical (unpaired) electrons. The SMILES string of the molecule is O=C(Cc1cccc([N+](=O)[O-])c1)N[C@@H]1CCNC1. The van der Waals surface area contributed by atoms with E-state index in [0.717, 1.165) is 19.5 Å². The molecular weight excluding hydrogens is 234 g/mol. The molecule has 1 aromatic rings. The molecule has 0 aromatic heterocycles. The predicted octanol–water partition coefficient (Wildman–Crippen LogP) is 0.615. The summed E-state index contributed by atoms with van der Waals surface area (Å²) in [7, 11) is 0. The summed E-state index contributed by atoms with van der Waals surface area (Å²) in [6, 6.07) is 6.35. The third-order valence-electron chi connectivity index (χ3n) is 2.91. The number of carbonyl (C=O) groups excluding carboxylic acids is 1. The van der Waals surface area contributed by atoms with Crippen molar-refractivity contribution in [3.05, 3.63) is 39.9 Å². The van der Waals surface area contributed by atoms with Crippen LogP contribution in [-0.4, -0.2) is 30.0 Å². The summed E-state index contributed by atoms with van der Waals surface area (Å²) in [5.41, 5.74) is 0.676. The average molecular weight is 249 g/mol. The molecule has 6 heteroatoms. The second kappa shape index (κ2) is 5.59. The summed E-state index contributed by atoms with van der Waals surface area (Å²) in [4.78, 5) is 21.9. The predicted molar refractivity (Wildman–Crippen MR) is 66.2 cm³/mol. The Hall–Kier alpha value is -1.95. The fourth-order valence-corrected chi connectivity index (χ4v) is 2.02. The van der Waals surface area contributed by atoms with Crippen LogP contribution in [0, 0.1) is 10.1 Å². The van der Waals surface area contributed by atoms with Crippen molar-refractivity contribution in [2.24, 2.45) is 0 Å². The molecule has 1 aromatic carbocycles. The van der Waals surface area contributed by atoms with Gasteiger partial charge >= 0.3 is 0 Å². The lowest BCUT2D eigenvalue weighted by Gasteiger charge is -2.11. The van der Waals surface area contributed by atoms with Crippen LogP contribution in [0.4, 0.5) is 5.69 Å². The molecule has 0 saturated carbocycles. The largest absolute Gasteiger partial charge is 0.352 e. The van der Waals surface area contributed by atoms with Gasteiger partial charge in [-0.1, -0.05) is 12.1 Å². The first-order chi connectivity index (χ1) is 8.65. The van der Waals surface area contributed by atoms with Crippen molar-refractivity contribution in [3.63, 3.8) is 0 Å². The molecular formula is C12H15N3O3. The molecule has 1 fully saturated rings. The van der Waals surface area contributed by atoms with E-state index < -0.39 is 4.92 Å². The summed E-state index contributed by atoms with van der Waals surface area (Å²) in [6.45, 7) is 1.71. The van der Waals surface area contributed by atoms with Crippen molar-refractivity contribution < 1.29 is 9.72 Å². The molecule has 0 spiro atoms. The maximum atomic E-state index is 11.7. The summed E-state index contributed by atoms with van der Waals surface area (Å²) in [5, 5.41) is 16.7. The molecule has 18 heavy (non-hydrogen) atoms. The normalized spacial score (nSPS) is 18.6. The number of carbonyl (C=O) groups is 1. The van der Waals surface area contributed by atoms with Gasteiger partial charge in [0.1, 0.15) is 0 Å². The van der Waals surface area contributed by atoms with Gasteiger partial charge in [0, 0.05) is 24.7 Å². The Morgan fingerprint density at radius 2 is 2.39 bits per heavy atom. The minimum absolute atomic E-state index is 0.0165. The molecule has 0 aliphatic carbocycles. The molecule has 1 aliphatic heterocycles. The van der Waals surface area contributed by atoms with Crippen LogP contribution in [0.15, 0.2) is 24.3 Å². The summed E-state index contributed by atoms with van der Waals surface area (Å²) < 4.78 is 0. The molecule has 96 valence electrons. The highest BCUT2D eigenvalue weighted by Gasteiger charge is 2.17. The summed E-state index contributed by atoms with van der Waals surface area (Å²) in [5.74, 6) is -0.0933. The minimum atomic E-state index is -0.456. The first kappa shape index (κ1) is 12.5. The first-order valence-electron chi connectivity index (χ1n) is 5.88. The van der Waals surface area contributed by atoms with E-state index in [1.807, 2.05) is 0 Å². The molecule has 6 nitrogen and oxygen atoms in total. The Labute approximate surface area is 105 Å². The van der Waals surface area contributed by atoms with Gasteiger partial charge in [0.05, 0.1) is 11.3 Å². The zero-order valence-corrected chi connectivity index (χ0v) is 9.89. The van der Waals surface area contributed by atoms with Gasteiger partial charge in [-0.25, -0.2) is 0 Å². The topological polar surface area (TPSA) is 84.3 Å². The van der Waals surface area contributed by atoms with E-state index in [1.165, 1.54) is 12.1 Å². The highest BCUT2D eigenvalue weighted by Crippen LogP contribution is 2.13. The Kier molecular flexibility index (Phi) is 3.88. The van der Waals surface area contributed by atoms with Crippen LogP contribution in [-0.2, 0) is 11.2 Å². The van der Waals surface area contributed by atoms with Crippen LogP contribution < -0.4 is 10.6 Å². The standard InChI is InChI=1S/C12H15N3O3/c16-12(14-10-4-5-13-8-10)7-9-2-1-3-11(6-9)15(17)18/h1-3,6,10,13H,4-5,7-8H2,(H,14,16)/t10-/m1/s1. The molecule has 0 bridgehead atoms. The average Bonchev–Trinajstić information content (AvgIpc) is 2.82. The monoisotopic (exact) mass is 249 g/mol. The fourth-order valence-electron chi connectivity index (χ4n) is 2.02. The van der Waals surface area contributed by atoms with Gasteiger partial charge in [-0.15, -0.1) is 0 Å². The van der Waals surface area contributed by atoms with Crippen LogP contribution >= 0.6 is 0 Å². The number of benzene rings is 1. The highest BCUT2D eigenvalue weighted by molar-refractivity contribution is 5.79. The number of amides is 1. The van der Waals surface area contributed by atoms with Crippen LogP contribution in [0.1, 0.15) is 12.0 Å². The summed E-state index contributed by atoms with van der Waals surface area (Å²) >= 11 is 0. The number of nitro groups is 1. The molecule has 2 rings (SSSR count). The number of rotatable bonds is 4. The lowest BCUT2D eigenvalue weighted by atomic mass is 10.1. The lowest BCUT2D eigenvalue weighted by Crippen LogP contribution is -2.37. The fraction of sp³-hybridized carbons (Fsp3) is 0.417. The van der Waals surface area contributed by atoms with Gasteiger partial charge in [0.25, 0.3) is 5.69 Å². The van der Waals surface area contributed by atoms with Crippen LogP contribution in [0.2, 0.25) is 0 Å². The van der Waals surface area contributed by atoms with E-state index in [9.17, 15) is 14.9 Å². The van der Waals surface area contributed by atoms with Gasteiger partial charge in [0.2, 0.25) is 5.91 Å². The maximum Gasteiger partial charge on any atom is 0.269 e. The zero-order valence-electron chi connectivity index (χ0n) is 9.89. The number of hydrogen-bond acceptors (Lipinski definition) is 4. The van der Waals surface area contributed by atoms with E-state index >= 15 is 0 Å². The Bertz CT molecular complexity index is 456. The molecule has 1 atom stereocenters. The van der Waals surface area contributed by atoms with Gasteiger partial charge in [-0.2, -0.15) is 0 Å². The van der Waals surface area contributed by atoms with Crippen molar-refractivity contribution in [1.29, 1.82) is 0 Å². The van der Waals surface area contributed by atoms with Crippen molar-refractivity contribution in [3.8, 4) is 0 Å². The van der Waals surface area contributed by atoms with Crippen molar-refractivity contribution in [2.75, 3.05) is 13.1 Å². The smallest absolute Gasteiger partial charge is 0.269 e. The van der Waals surface area contributed by atoms with Crippen LogP contribution in [0.5, 0.6) is 0 Å². The second-order valence-corrected chi connectivity index (χ2v) is 4.36. The number of hydrogen-bond donors (Lipinski definition) is 2. The van der Waals surface area contributed by atoms with Gasteiger partial charge in [0.15, 0.2) is 0 Å². The molecule has 2 N–H and O–H groups in total. The molecule has 1 saturated heterocycles. The van der Waals surface area contributed by atoms with Crippen LogP contribution in [0.3, 0.4) is 0 Å². The summed E-state index contributed by atoms with van der Waals surface area (Å²) in [6.07, 6.45) is 1.11. The molecule has 1 amide bonds. The van der Waals surface area contributed by atoms with E-state index in [2.05, 4.69) is 10.6 Å². The number of nitrogens with one attached hydrogen (secondary N) is 2. The lowest BCUT2D eigenvalue weighted by molar-refractivity contribution is -0.384. The third-order valence-corrected chi connectivity index (χ3v) is 2.91. The number of nitrogens with zero attached hydrogens (tertiary/aromatic N) is 1. The van der Waals surface area contributed by atoms with Gasteiger partial charge in [-0.3, -0.25) is 14.9 Å². The Balaban J connectivity index is 1.93. The zero-order chi connectivity index (χ0) is 13.0. The van der Waals surface area contributed by atoms with Crippen molar-refractivity contribution >= 4 is 11.6 Å². The number of non-ortho nitro benzene ring substituents is 1. The van der Waals surface area contributed by atoms with Crippen molar-refractivity contribution in [1.82, 2.24) is 10.6 Å². The Morgan fingerprint density at radius 1 is 1.56 bits per heavy atom. The second-order valence-electron chi connectivity index (χ2n) is 4.36. The van der Waals surface area contributed by atoms with Gasteiger partial charge < -0.3 is 10.6 Å². The first-order valence-corrected chi connectivity index (χ1v) is 5.88. The van der Waals surface area contributed by atoms with Crippen molar-refractivity contribution in [2.45, 2.75) is 18.9 Å². The van der Waals surface area contributed by atoms with Crippen LogP contribution in [0.25, 0.3) is 0 Å². The van der Waals surface area contributed by atoms with E-state index in [-0.39, 0.29) is 24.1 Å². The van der Waals surface area contributed by atoms with E-state index in [4.69, 9.17) is 0 Å². The van der Waals surface area contributed by atoms with E-state index in [1.54, 1.807) is 12.1 Å². The molecule has 1 heterocycles. The molecule has 1 aliphatic rings. The number of nitro benzene ring substituents is 1. The molecule has 0 unspecified atom stereocenters. The van der Waals surface area contributed by atoms with Gasteiger partial charge in [-0.05, 0) is 18.5 Å². The van der Waals surface area contributed by atoms with E-state index in [0.29, 0.717) is 5.56 Å². The Morgan fingerprint density at radius 3 is 3.06 bits per heavy atom. The minimum Gasteiger partial charge on any atom is -0.352 e. The third kappa shape index (κ3) is 3.27. The quantitative estimate of drug-likeness (QED) is 0.605.